The van der Waals surface area contributed by atoms with Gasteiger partial charge in [0.2, 0.25) is 5.88 Å². The highest BCUT2D eigenvalue weighted by molar-refractivity contribution is 5.79. The molecule has 0 saturated carbocycles. The summed E-state index contributed by atoms with van der Waals surface area (Å²) in [5, 5.41) is 0. The van der Waals surface area contributed by atoms with Crippen molar-refractivity contribution in [1.29, 1.82) is 0 Å². The molecule has 0 spiro atoms. The molecule has 12 heavy (non-hydrogen) atoms. The maximum atomic E-state index is 10.5. The number of methoxy groups -OCH3 is 2. The van der Waals surface area contributed by atoms with E-state index in [0.29, 0.717) is 23.5 Å². The summed E-state index contributed by atoms with van der Waals surface area (Å²) in [6.45, 7) is 0. The number of aromatic nitrogens is 1. The summed E-state index contributed by atoms with van der Waals surface area (Å²) >= 11 is 0. The van der Waals surface area contributed by atoms with Crippen LogP contribution in [0.3, 0.4) is 0 Å². The molecule has 0 aliphatic rings. The zero-order valence-corrected chi connectivity index (χ0v) is 6.90. The van der Waals surface area contributed by atoms with Gasteiger partial charge in [-0.05, 0) is 0 Å². The Bertz CT molecular complexity index is 286. The van der Waals surface area contributed by atoms with Gasteiger partial charge in [0.1, 0.15) is 5.75 Å². The number of nitrogens with zero attached hydrogens (tertiary/aromatic N) is 1. The average molecular weight is 167 g/mol. The number of hydrogen-bond acceptors (Lipinski definition) is 4. The lowest BCUT2D eigenvalue weighted by molar-refractivity contribution is 0.112. The van der Waals surface area contributed by atoms with Gasteiger partial charge in [0.05, 0.1) is 26.0 Å². The Hall–Kier alpha value is -1.58. The third kappa shape index (κ3) is 1.53. The Morgan fingerprint density at radius 1 is 1.42 bits per heavy atom. The van der Waals surface area contributed by atoms with Crippen LogP contribution in [0.2, 0.25) is 0 Å². The minimum absolute atomic E-state index is 0.401. The van der Waals surface area contributed by atoms with Crippen LogP contribution in [0.25, 0.3) is 0 Å². The average Bonchev–Trinajstić information content (AvgIpc) is 2.16. The molecule has 0 aromatic carbocycles. The normalized spacial score (nSPS) is 9.17. The van der Waals surface area contributed by atoms with Gasteiger partial charge in [-0.3, -0.25) is 4.79 Å². The Kier molecular flexibility index (Phi) is 2.63. The standard InChI is InChI=1S/C8H9NO3/c1-11-7-4-9-8(12-2)3-6(7)5-10/h3-5H,1-2H3. The summed E-state index contributed by atoms with van der Waals surface area (Å²) in [7, 11) is 2.97. The van der Waals surface area contributed by atoms with E-state index in [0.717, 1.165) is 0 Å². The summed E-state index contributed by atoms with van der Waals surface area (Å²) in [4.78, 5) is 14.4. The first kappa shape index (κ1) is 8.52. The first-order chi connectivity index (χ1) is 5.81. The van der Waals surface area contributed by atoms with Crippen LogP contribution in [0.15, 0.2) is 12.3 Å². The van der Waals surface area contributed by atoms with Crippen molar-refractivity contribution in [3.8, 4) is 11.6 Å². The Morgan fingerprint density at radius 3 is 2.67 bits per heavy atom. The van der Waals surface area contributed by atoms with E-state index in [1.165, 1.54) is 26.5 Å². The van der Waals surface area contributed by atoms with Gasteiger partial charge in [-0.1, -0.05) is 0 Å². The number of ether oxygens (including phenoxy) is 2. The molecule has 0 aliphatic carbocycles. The summed E-state index contributed by atoms with van der Waals surface area (Å²) in [6.07, 6.45) is 2.14. The fourth-order valence-electron chi connectivity index (χ4n) is 0.812. The minimum atomic E-state index is 0.401. The number of pyridine rings is 1. The van der Waals surface area contributed by atoms with Crippen LogP contribution in [0.1, 0.15) is 10.4 Å². The van der Waals surface area contributed by atoms with Gasteiger partial charge in [-0.15, -0.1) is 0 Å². The molecule has 0 unspecified atom stereocenters. The molecule has 0 amide bonds. The van der Waals surface area contributed by atoms with Crippen molar-refractivity contribution in [2.24, 2.45) is 0 Å². The van der Waals surface area contributed by atoms with Crippen LogP contribution in [0.4, 0.5) is 0 Å². The van der Waals surface area contributed by atoms with Crippen molar-refractivity contribution in [2.45, 2.75) is 0 Å². The Morgan fingerprint density at radius 2 is 2.17 bits per heavy atom. The van der Waals surface area contributed by atoms with E-state index in [1.807, 2.05) is 0 Å². The zero-order valence-electron chi connectivity index (χ0n) is 6.90. The molecule has 4 heteroatoms. The van der Waals surface area contributed by atoms with E-state index < -0.39 is 0 Å². The van der Waals surface area contributed by atoms with E-state index in [-0.39, 0.29) is 0 Å². The predicted octanol–water partition coefficient (Wildman–Crippen LogP) is 0.911. The van der Waals surface area contributed by atoms with Gasteiger partial charge < -0.3 is 9.47 Å². The lowest BCUT2D eigenvalue weighted by Crippen LogP contribution is -1.94. The van der Waals surface area contributed by atoms with Crippen molar-refractivity contribution >= 4 is 6.29 Å². The SMILES string of the molecule is COc1cc(C=O)c(OC)cn1. The van der Waals surface area contributed by atoms with Gasteiger partial charge in [0.25, 0.3) is 0 Å². The molecule has 1 rings (SSSR count). The number of carbonyl (C=O) groups is 1. The molecule has 0 atom stereocenters. The Labute approximate surface area is 70.1 Å². The number of hydrogen-bond donors (Lipinski definition) is 0. The summed E-state index contributed by atoms with van der Waals surface area (Å²) in [5.74, 6) is 0.851. The Balaban J connectivity index is 3.10. The van der Waals surface area contributed by atoms with Crippen LogP contribution in [-0.4, -0.2) is 25.5 Å². The van der Waals surface area contributed by atoms with Gasteiger partial charge in [-0.25, -0.2) is 4.98 Å². The molecule has 0 N–H and O–H groups in total. The maximum absolute atomic E-state index is 10.5. The molecule has 0 saturated heterocycles. The second-order valence-electron chi connectivity index (χ2n) is 2.09. The molecule has 0 fully saturated rings. The van der Waals surface area contributed by atoms with Crippen molar-refractivity contribution in [2.75, 3.05) is 14.2 Å². The van der Waals surface area contributed by atoms with Gasteiger partial charge >= 0.3 is 0 Å². The molecule has 0 radical (unpaired) electrons. The van der Waals surface area contributed by atoms with Crippen molar-refractivity contribution in [1.82, 2.24) is 4.98 Å². The highest BCUT2D eigenvalue weighted by Gasteiger charge is 2.03. The van der Waals surface area contributed by atoms with Crippen LogP contribution in [0, 0.1) is 0 Å². The predicted molar refractivity (Wildman–Crippen MR) is 42.7 cm³/mol. The zero-order chi connectivity index (χ0) is 8.97. The third-order valence-corrected chi connectivity index (χ3v) is 1.43. The monoisotopic (exact) mass is 167 g/mol. The molecule has 0 aliphatic heterocycles. The summed E-state index contributed by atoms with van der Waals surface area (Å²) in [6, 6.07) is 1.52. The molecule has 1 heterocycles. The minimum Gasteiger partial charge on any atom is -0.494 e. The third-order valence-electron chi connectivity index (χ3n) is 1.43. The quantitative estimate of drug-likeness (QED) is 0.628. The molecule has 1 aromatic rings. The number of carbonyl (C=O) groups excluding carboxylic acids is 1. The van der Waals surface area contributed by atoms with Crippen molar-refractivity contribution in [3.63, 3.8) is 0 Å². The summed E-state index contributed by atoms with van der Waals surface area (Å²) < 4.78 is 9.72. The number of rotatable bonds is 3. The smallest absolute Gasteiger partial charge is 0.213 e. The second-order valence-corrected chi connectivity index (χ2v) is 2.09. The first-order valence-corrected chi connectivity index (χ1v) is 3.35. The maximum Gasteiger partial charge on any atom is 0.213 e. The molecular formula is C8H9NO3. The van der Waals surface area contributed by atoms with Crippen LogP contribution in [-0.2, 0) is 0 Å². The fourth-order valence-corrected chi connectivity index (χ4v) is 0.812. The molecule has 1 aromatic heterocycles. The lowest BCUT2D eigenvalue weighted by atomic mass is 10.3. The highest BCUT2D eigenvalue weighted by Crippen LogP contribution is 2.18. The highest BCUT2D eigenvalue weighted by atomic mass is 16.5. The van der Waals surface area contributed by atoms with E-state index in [9.17, 15) is 4.79 Å². The van der Waals surface area contributed by atoms with Crippen LogP contribution in [0.5, 0.6) is 11.6 Å². The van der Waals surface area contributed by atoms with Crippen molar-refractivity contribution < 1.29 is 14.3 Å². The van der Waals surface area contributed by atoms with Crippen LogP contribution >= 0.6 is 0 Å². The molecule has 0 bridgehead atoms. The van der Waals surface area contributed by atoms with Gasteiger partial charge in [-0.2, -0.15) is 0 Å². The fraction of sp³-hybridized carbons (Fsp3) is 0.250. The number of aldehydes is 1. The largest absolute Gasteiger partial charge is 0.494 e. The topological polar surface area (TPSA) is 48.4 Å². The van der Waals surface area contributed by atoms with Gasteiger partial charge in [0, 0.05) is 6.07 Å². The molecular weight excluding hydrogens is 158 g/mol. The van der Waals surface area contributed by atoms with E-state index >= 15 is 0 Å². The van der Waals surface area contributed by atoms with E-state index in [2.05, 4.69) is 4.98 Å². The summed E-state index contributed by atoms with van der Waals surface area (Å²) in [5.41, 5.74) is 0.435. The van der Waals surface area contributed by atoms with E-state index in [1.54, 1.807) is 0 Å². The lowest BCUT2D eigenvalue weighted by Gasteiger charge is -2.03. The van der Waals surface area contributed by atoms with Crippen LogP contribution < -0.4 is 9.47 Å². The van der Waals surface area contributed by atoms with Crippen molar-refractivity contribution in [3.05, 3.63) is 17.8 Å². The van der Waals surface area contributed by atoms with Gasteiger partial charge in [0.15, 0.2) is 6.29 Å². The second kappa shape index (κ2) is 3.71. The first-order valence-electron chi connectivity index (χ1n) is 3.35. The molecule has 64 valence electrons. The molecule has 4 nitrogen and oxygen atoms in total. The van der Waals surface area contributed by atoms with E-state index in [4.69, 9.17) is 9.47 Å².